The minimum absolute atomic E-state index is 0.0140. The van der Waals surface area contributed by atoms with Crippen LogP contribution < -0.4 is 5.32 Å². The van der Waals surface area contributed by atoms with Crippen LogP contribution in [0, 0.1) is 0 Å². The monoisotopic (exact) mass is 998 g/mol. The number of esters is 1. The van der Waals surface area contributed by atoms with Gasteiger partial charge >= 0.3 is 5.97 Å². The van der Waals surface area contributed by atoms with E-state index in [9.17, 15) is 19.8 Å². The van der Waals surface area contributed by atoms with E-state index < -0.39 is 12.1 Å². The first-order valence-electron chi connectivity index (χ1n) is 31.8. The van der Waals surface area contributed by atoms with Crippen LogP contribution in [0.15, 0.2) is 36.5 Å². The van der Waals surface area contributed by atoms with Crippen LogP contribution in [0.4, 0.5) is 0 Å². The highest BCUT2D eigenvalue weighted by atomic mass is 16.5. The molecule has 0 aliphatic carbocycles. The second-order valence-electron chi connectivity index (χ2n) is 21.7. The maximum Gasteiger partial charge on any atom is 0.305 e. The van der Waals surface area contributed by atoms with E-state index in [1.807, 2.05) is 6.08 Å². The molecule has 3 N–H and O–H groups in total. The number of carbonyl (C=O) groups excluding carboxylic acids is 2. The number of aliphatic hydroxyl groups excluding tert-OH is 2. The van der Waals surface area contributed by atoms with Crippen LogP contribution in [0.3, 0.4) is 0 Å². The van der Waals surface area contributed by atoms with E-state index in [0.717, 1.165) is 64.2 Å². The molecule has 2 unspecified atom stereocenters. The average Bonchev–Trinajstić information content (AvgIpc) is 3.37. The fourth-order valence-corrected chi connectivity index (χ4v) is 9.78. The van der Waals surface area contributed by atoms with Crippen LogP contribution in [-0.4, -0.2) is 47.4 Å². The zero-order chi connectivity index (χ0) is 51.4. The molecule has 0 spiro atoms. The number of unbranched alkanes of at least 4 members (excludes halogenated alkanes) is 44. The zero-order valence-corrected chi connectivity index (χ0v) is 47.7. The van der Waals surface area contributed by atoms with Crippen LogP contribution in [-0.2, 0) is 14.3 Å². The Morgan fingerprint density at radius 3 is 1.10 bits per heavy atom. The molecule has 0 bridgehead atoms. The van der Waals surface area contributed by atoms with Crippen LogP contribution in [0.25, 0.3) is 0 Å². The standard InChI is InChI=1S/C65H123NO5/c1-3-5-7-9-11-13-15-17-19-21-22-23-24-25-26-27-29-30-33-37-41-45-49-53-57-63(68)62(61-67)66-64(69)58-54-50-46-42-38-34-32-36-40-44-48-52-56-60-71-65(70)59-55-51-47-43-39-35-31-28-20-18-16-14-12-10-8-6-4-2/h12,14,18,20,53,57,62-63,67-68H,3-11,13,15-17,19,21-52,54-56,58-61H2,1-2H3,(H,66,69)/b14-12-,20-18-,57-53+. The van der Waals surface area contributed by atoms with Gasteiger partial charge in [-0.15, -0.1) is 0 Å². The molecule has 0 aliphatic rings. The summed E-state index contributed by atoms with van der Waals surface area (Å²) in [6.07, 6.45) is 76.1. The van der Waals surface area contributed by atoms with E-state index in [1.54, 1.807) is 6.08 Å². The third-order valence-electron chi connectivity index (χ3n) is 14.7. The van der Waals surface area contributed by atoms with Gasteiger partial charge in [-0.05, 0) is 64.2 Å². The van der Waals surface area contributed by atoms with Gasteiger partial charge in [-0.1, -0.05) is 301 Å². The molecule has 0 aromatic heterocycles. The van der Waals surface area contributed by atoms with Gasteiger partial charge in [0.2, 0.25) is 5.91 Å². The number of allylic oxidation sites excluding steroid dienone is 5. The Balaban J connectivity index is 3.47. The lowest BCUT2D eigenvalue weighted by Crippen LogP contribution is -2.45. The summed E-state index contributed by atoms with van der Waals surface area (Å²) < 4.78 is 5.48. The summed E-state index contributed by atoms with van der Waals surface area (Å²) in [4.78, 5) is 24.6. The molecule has 0 aromatic rings. The summed E-state index contributed by atoms with van der Waals surface area (Å²) in [6, 6.07) is -0.640. The molecule has 1 amide bonds. The Morgan fingerprint density at radius 2 is 0.704 bits per heavy atom. The molecular formula is C65H123NO5. The summed E-state index contributed by atoms with van der Waals surface area (Å²) in [5.41, 5.74) is 0. The van der Waals surface area contributed by atoms with Crippen molar-refractivity contribution in [1.82, 2.24) is 5.32 Å². The SMILES string of the molecule is CCCCC/C=C\C/C=C\CCCCCCCCCC(=O)OCCCCCCCCCCCCCCCC(=O)NC(CO)C(O)/C=C/CCCCCCCCCCCCCCCCCCCCCCCC. The van der Waals surface area contributed by atoms with Gasteiger partial charge in [-0.3, -0.25) is 9.59 Å². The number of carbonyl (C=O) groups is 2. The molecule has 0 saturated heterocycles. The number of hydrogen-bond donors (Lipinski definition) is 3. The first-order chi connectivity index (χ1) is 35.0. The topological polar surface area (TPSA) is 95.9 Å². The van der Waals surface area contributed by atoms with Crippen molar-refractivity contribution in [3.63, 3.8) is 0 Å². The van der Waals surface area contributed by atoms with E-state index in [1.165, 1.54) is 250 Å². The Morgan fingerprint density at radius 1 is 0.394 bits per heavy atom. The summed E-state index contributed by atoms with van der Waals surface area (Å²) in [5, 5.41) is 23.2. The van der Waals surface area contributed by atoms with Crippen molar-refractivity contribution in [3.8, 4) is 0 Å². The summed E-state index contributed by atoms with van der Waals surface area (Å²) in [6.45, 7) is 4.87. The minimum Gasteiger partial charge on any atom is -0.466 e. The van der Waals surface area contributed by atoms with Crippen LogP contribution in [0.2, 0.25) is 0 Å². The molecule has 0 aliphatic heterocycles. The third-order valence-corrected chi connectivity index (χ3v) is 14.7. The molecule has 0 radical (unpaired) electrons. The van der Waals surface area contributed by atoms with E-state index >= 15 is 0 Å². The Hall–Kier alpha value is -1.92. The maximum atomic E-state index is 12.5. The molecule has 0 saturated carbocycles. The number of hydrogen-bond acceptors (Lipinski definition) is 5. The van der Waals surface area contributed by atoms with Gasteiger partial charge in [0.1, 0.15) is 0 Å². The Labute approximate surface area is 443 Å². The molecule has 6 heteroatoms. The van der Waals surface area contributed by atoms with Crippen molar-refractivity contribution >= 4 is 11.9 Å². The highest BCUT2D eigenvalue weighted by Crippen LogP contribution is 2.18. The van der Waals surface area contributed by atoms with Crippen molar-refractivity contribution in [2.24, 2.45) is 0 Å². The van der Waals surface area contributed by atoms with Crippen molar-refractivity contribution in [1.29, 1.82) is 0 Å². The van der Waals surface area contributed by atoms with E-state index in [-0.39, 0.29) is 18.5 Å². The van der Waals surface area contributed by atoms with Crippen LogP contribution in [0.1, 0.15) is 341 Å². The highest BCUT2D eigenvalue weighted by Gasteiger charge is 2.18. The molecule has 6 nitrogen and oxygen atoms in total. The quantitative estimate of drug-likeness (QED) is 0.0321. The van der Waals surface area contributed by atoms with Gasteiger partial charge in [0.15, 0.2) is 0 Å². The summed E-state index contributed by atoms with van der Waals surface area (Å²) in [5.74, 6) is -0.0921. The fourth-order valence-electron chi connectivity index (χ4n) is 9.78. The number of nitrogens with one attached hydrogen (secondary N) is 1. The lowest BCUT2D eigenvalue weighted by Gasteiger charge is -2.20. The van der Waals surface area contributed by atoms with Crippen molar-refractivity contribution < 1.29 is 24.5 Å². The zero-order valence-electron chi connectivity index (χ0n) is 47.7. The van der Waals surface area contributed by atoms with E-state index in [4.69, 9.17) is 4.74 Å². The molecule has 0 rings (SSSR count). The largest absolute Gasteiger partial charge is 0.466 e. The van der Waals surface area contributed by atoms with Crippen LogP contribution in [0.5, 0.6) is 0 Å². The van der Waals surface area contributed by atoms with Gasteiger partial charge in [-0.25, -0.2) is 0 Å². The van der Waals surface area contributed by atoms with Gasteiger partial charge in [0.25, 0.3) is 0 Å². The molecule has 0 heterocycles. The normalized spacial score (nSPS) is 12.8. The number of ether oxygens (including phenoxy) is 1. The molecule has 0 aromatic carbocycles. The first-order valence-corrected chi connectivity index (χ1v) is 31.8. The van der Waals surface area contributed by atoms with Crippen molar-refractivity contribution in [2.45, 2.75) is 353 Å². The van der Waals surface area contributed by atoms with Gasteiger partial charge in [0, 0.05) is 12.8 Å². The maximum absolute atomic E-state index is 12.5. The molecule has 418 valence electrons. The second kappa shape index (κ2) is 60.6. The first kappa shape index (κ1) is 69.1. The van der Waals surface area contributed by atoms with E-state index in [0.29, 0.717) is 19.4 Å². The Bertz CT molecular complexity index is 1150. The van der Waals surface area contributed by atoms with Crippen molar-refractivity contribution in [3.05, 3.63) is 36.5 Å². The average molecular weight is 999 g/mol. The summed E-state index contributed by atoms with van der Waals surface area (Å²) >= 11 is 0. The second-order valence-corrected chi connectivity index (χ2v) is 21.7. The minimum atomic E-state index is -0.855. The number of rotatable bonds is 59. The molecular weight excluding hydrogens is 875 g/mol. The smallest absolute Gasteiger partial charge is 0.305 e. The lowest BCUT2D eigenvalue weighted by molar-refractivity contribution is -0.143. The van der Waals surface area contributed by atoms with Crippen molar-refractivity contribution in [2.75, 3.05) is 13.2 Å². The Kier molecular flexibility index (Phi) is 59.0. The van der Waals surface area contributed by atoms with Gasteiger partial charge in [0.05, 0.1) is 25.4 Å². The molecule has 0 fully saturated rings. The molecule has 71 heavy (non-hydrogen) atoms. The number of aliphatic hydroxyl groups is 2. The molecule has 2 atom stereocenters. The lowest BCUT2D eigenvalue weighted by atomic mass is 10.0. The van der Waals surface area contributed by atoms with Crippen LogP contribution >= 0.6 is 0 Å². The third kappa shape index (κ3) is 57.2. The highest BCUT2D eigenvalue weighted by molar-refractivity contribution is 5.76. The van der Waals surface area contributed by atoms with Gasteiger partial charge in [-0.2, -0.15) is 0 Å². The van der Waals surface area contributed by atoms with Gasteiger partial charge < -0.3 is 20.3 Å². The predicted octanol–water partition coefficient (Wildman–Crippen LogP) is 20.0. The van der Waals surface area contributed by atoms with E-state index in [2.05, 4.69) is 43.5 Å². The fraction of sp³-hybridized carbons (Fsp3) is 0.877. The summed E-state index contributed by atoms with van der Waals surface area (Å²) in [7, 11) is 0. The number of amides is 1. The predicted molar refractivity (Wildman–Crippen MR) is 310 cm³/mol.